The van der Waals surface area contributed by atoms with E-state index < -0.39 is 12.1 Å². The summed E-state index contributed by atoms with van der Waals surface area (Å²) in [5, 5.41) is 0. The number of ketones is 2. The Morgan fingerprint density at radius 3 is 1.38 bits per heavy atom. The third kappa shape index (κ3) is 5.49. The van der Waals surface area contributed by atoms with Crippen LogP contribution in [0.2, 0.25) is 0 Å². The number of Topliss-reactive ketones (excluding diaryl/α,β-unsaturated/α-hetero) is 2. The molecule has 2 aromatic rings. The largest absolute Gasteiger partial charge is 0.320 e. The summed E-state index contributed by atoms with van der Waals surface area (Å²) in [7, 11) is 2.93. The van der Waals surface area contributed by atoms with Crippen molar-refractivity contribution in [3.63, 3.8) is 0 Å². The second-order valence-corrected chi connectivity index (χ2v) is 7.79. The molecule has 0 fully saturated rings. The molecule has 0 unspecified atom stereocenters. The van der Waals surface area contributed by atoms with E-state index in [4.69, 9.17) is 11.5 Å². The average molecular weight is 361 g/mol. The first kappa shape index (κ1) is 18.7. The third-order valence-electron chi connectivity index (χ3n) is 3.37. The Balaban J connectivity index is 1.72. The van der Waals surface area contributed by atoms with Crippen molar-refractivity contribution in [3.8, 4) is 0 Å². The van der Waals surface area contributed by atoms with Gasteiger partial charge in [0.15, 0.2) is 11.6 Å². The molecule has 24 heavy (non-hydrogen) atoms. The van der Waals surface area contributed by atoms with Crippen LogP contribution in [-0.4, -0.2) is 35.2 Å². The summed E-state index contributed by atoms with van der Waals surface area (Å²) >= 11 is 0. The van der Waals surface area contributed by atoms with E-state index >= 15 is 0 Å². The van der Waals surface area contributed by atoms with Gasteiger partial charge in [-0.2, -0.15) is 0 Å². The van der Waals surface area contributed by atoms with E-state index in [0.717, 1.165) is 0 Å². The van der Waals surface area contributed by atoms with Crippen LogP contribution in [0.4, 0.5) is 0 Å². The molecular weight excluding hydrogens is 340 g/mol. The standard InChI is InChI=1S/C18H20N2O2S2/c19-15(17(21)13-7-3-1-4-8-13)11-23-24-12-16(20)18(22)14-9-5-2-6-10-14/h1-10,15-16H,11-12,19-20H2/t15-,16+. The Labute approximate surface area is 149 Å². The minimum atomic E-state index is -0.564. The van der Waals surface area contributed by atoms with Gasteiger partial charge >= 0.3 is 0 Å². The van der Waals surface area contributed by atoms with Crippen LogP contribution in [0.25, 0.3) is 0 Å². The number of benzene rings is 2. The van der Waals surface area contributed by atoms with Crippen LogP contribution in [0.5, 0.6) is 0 Å². The lowest BCUT2D eigenvalue weighted by molar-refractivity contribution is 0.0962. The second kappa shape index (κ2) is 9.64. The lowest BCUT2D eigenvalue weighted by Gasteiger charge is -2.12. The number of rotatable bonds is 9. The molecule has 0 amide bonds. The Bertz CT molecular complexity index is 606. The quantitative estimate of drug-likeness (QED) is 0.406. The maximum absolute atomic E-state index is 12.1. The first-order valence-electron chi connectivity index (χ1n) is 7.53. The van der Waals surface area contributed by atoms with Crippen molar-refractivity contribution in [2.45, 2.75) is 12.1 Å². The maximum Gasteiger partial charge on any atom is 0.180 e. The van der Waals surface area contributed by atoms with Gasteiger partial charge in [0.05, 0.1) is 12.1 Å². The van der Waals surface area contributed by atoms with Gasteiger partial charge in [-0.1, -0.05) is 82.3 Å². The number of nitrogens with two attached hydrogens (primary N) is 2. The van der Waals surface area contributed by atoms with Crippen molar-refractivity contribution >= 4 is 33.2 Å². The molecule has 0 bridgehead atoms. The minimum absolute atomic E-state index is 0.0756. The van der Waals surface area contributed by atoms with E-state index in [2.05, 4.69) is 0 Å². The van der Waals surface area contributed by atoms with Gasteiger partial charge < -0.3 is 11.5 Å². The van der Waals surface area contributed by atoms with E-state index in [0.29, 0.717) is 22.6 Å². The van der Waals surface area contributed by atoms with Gasteiger partial charge in [0.2, 0.25) is 0 Å². The molecule has 0 aliphatic heterocycles. The summed E-state index contributed by atoms with van der Waals surface area (Å²) in [6.45, 7) is 0. The number of carbonyl (C=O) groups excluding carboxylic acids is 2. The van der Waals surface area contributed by atoms with Gasteiger partial charge in [-0.3, -0.25) is 9.59 Å². The molecule has 0 aliphatic carbocycles. The van der Waals surface area contributed by atoms with Gasteiger partial charge in [-0.25, -0.2) is 0 Å². The molecule has 126 valence electrons. The lowest BCUT2D eigenvalue weighted by Crippen LogP contribution is -2.34. The molecule has 2 rings (SSSR count). The molecule has 4 N–H and O–H groups in total. The first-order chi connectivity index (χ1) is 11.6. The molecule has 0 aromatic heterocycles. The number of hydrogen-bond donors (Lipinski definition) is 2. The van der Waals surface area contributed by atoms with Gasteiger partial charge in [0.1, 0.15) is 0 Å². The fourth-order valence-corrected chi connectivity index (χ4v) is 4.27. The van der Waals surface area contributed by atoms with Crippen LogP contribution in [0.15, 0.2) is 60.7 Å². The number of carbonyl (C=O) groups is 2. The van der Waals surface area contributed by atoms with Gasteiger partial charge in [-0.05, 0) is 0 Å². The van der Waals surface area contributed by atoms with Crippen LogP contribution < -0.4 is 11.5 Å². The predicted octanol–water partition coefficient (Wildman–Crippen LogP) is 2.79. The molecule has 0 radical (unpaired) electrons. The SMILES string of the molecule is N[C@H](CSSC[C@H](N)C(=O)c1ccccc1)C(=O)c1ccccc1. The molecular formula is C18H20N2O2S2. The highest BCUT2D eigenvalue weighted by Gasteiger charge is 2.18. The van der Waals surface area contributed by atoms with Crippen molar-refractivity contribution in [2.24, 2.45) is 11.5 Å². The summed E-state index contributed by atoms with van der Waals surface area (Å²) in [5.41, 5.74) is 13.1. The molecule has 0 spiro atoms. The van der Waals surface area contributed by atoms with Gasteiger partial charge in [0.25, 0.3) is 0 Å². The average Bonchev–Trinajstić information content (AvgIpc) is 2.65. The summed E-state index contributed by atoms with van der Waals surface area (Å²) in [6, 6.07) is 16.9. The van der Waals surface area contributed by atoms with Crippen molar-refractivity contribution in [2.75, 3.05) is 11.5 Å². The fraction of sp³-hybridized carbons (Fsp3) is 0.222. The van der Waals surface area contributed by atoms with Crippen molar-refractivity contribution in [3.05, 3.63) is 71.8 Å². The van der Waals surface area contributed by atoms with E-state index in [-0.39, 0.29) is 11.6 Å². The number of hydrogen-bond acceptors (Lipinski definition) is 6. The second-order valence-electron chi connectivity index (χ2n) is 5.24. The monoisotopic (exact) mass is 360 g/mol. The summed E-state index contributed by atoms with van der Waals surface area (Å²) < 4.78 is 0. The Morgan fingerprint density at radius 1 is 0.708 bits per heavy atom. The van der Waals surface area contributed by atoms with Crippen LogP contribution >= 0.6 is 21.6 Å². The highest BCUT2D eigenvalue weighted by atomic mass is 33.1. The van der Waals surface area contributed by atoms with Gasteiger partial charge in [0, 0.05) is 22.6 Å². The minimum Gasteiger partial charge on any atom is -0.320 e. The zero-order chi connectivity index (χ0) is 17.4. The summed E-state index contributed by atoms with van der Waals surface area (Å²) in [6.07, 6.45) is 0. The molecule has 0 aliphatic rings. The van der Waals surface area contributed by atoms with E-state index in [1.54, 1.807) is 24.3 Å². The smallest absolute Gasteiger partial charge is 0.180 e. The molecule has 2 atom stereocenters. The molecule has 2 aromatic carbocycles. The van der Waals surface area contributed by atoms with Crippen LogP contribution in [0.1, 0.15) is 20.7 Å². The molecule has 0 saturated carbocycles. The topological polar surface area (TPSA) is 86.2 Å². The van der Waals surface area contributed by atoms with Crippen LogP contribution in [-0.2, 0) is 0 Å². The predicted molar refractivity (Wildman–Crippen MR) is 102 cm³/mol. The first-order valence-corrected chi connectivity index (χ1v) is 10.0. The maximum atomic E-state index is 12.1. The zero-order valence-electron chi connectivity index (χ0n) is 13.1. The Morgan fingerprint density at radius 2 is 1.04 bits per heavy atom. The Kier molecular flexibility index (Phi) is 7.52. The molecule has 0 heterocycles. The molecule has 4 nitrogen and oxygen atoms in total. The van der Waals surface area contributed by atoms with Crippen molar-refractivity contribution < 1.29 is 9.59 Å². The highest BCUT2D eigenvalue weighted by molar-refractivity contribution is 8.76. The normalized spacial score (nSPS) is 13.2. The van der Waals surface area contributed by atoms with Crippen LogP contribution in [0, 0.1) is 0 Å². The van der Waals surface area contributed by atoms with Crippen molar-refractivity contribution in [1.29, 1.82) is 0 Å². The summed E-state index contributed by atoms with van der Waals surface area (Å²) in [5.74, 6) is 0.802. The highest BCUT2D eigenvalue weighted by Crippen LogP contribution is 2.23. The van der Waals surface area contributed by atoms with E-state index in [1.807, 2.05) is 36.4 Å². The zero-order valence-corrected chi connectivity index (χ0v) is 14.8. The van der Waals surface area contributed by atoms with E-state index in [1.165, 1.54) is 21.6 Å². The third-order valence-corrected chi connectivity index (χ3v) is 5.84. The van der Waals surface area contributed by atoms with Crippen LogP contribution in [0.3, 0.4) is 0 Å². The molecule has 0 saturated heterocycles. The van der Waals surface area contributed by atoms with Gasteiger partial charge in [-0.15, -0.1) is 0 Å². The summed E-state index contributed by atoms with van der Waals surface area (Å²) in [4.78, 5) is 24.3. The Hall–Kier alpha value is -1.60. The lowest BCUT2D eigenvalue weighted by atomic mass is 10.1. The molecule has 6 heteroatoms. The van der Waals surface area contributed by atoms with E-state index in [9.17, 15) is 9.59 Å². The van der Waals surface area contributed by atoms with Crippen molar-refractivity contribution in [1.82, 2.24) is 0 Å². The fourth-order valence-electron chi connectivity index (χ4n) is 2.03.